The molecule has 0 aliphatic heterocycles. The number of benzene rings is 1. The Morgan fingerprint density at radius 3 is 2.80 bits per heavy atom. The molecule has 0 saturated heterocycles. The molecule has 1 aromatic heterocycles. The summed E-state index contributed by atoms with van der Waals surface area (Å²) in [5.41, 5.74) is 6.61. The van der Waals surface area contributed by atoms with Crippen LogP contribution < -0.4 is 11.1 Å². The molecule has 0 radical (unpaired) electrons. The molecular weight excluding hydrogens is 275 g/mol. The van der Waals surface area contributed by atoms with Gasteiger partial charge in [0.05, 0.1) is 6.04 Å². The third kappa shape index (κ3) is 2.99. The molecule has 1 amide bonds. The lowest BCUT2D eigenvalue weighted by molar-refractivity contribution is 0.0936. The minimum absolute atomic E-state index is 0.0620. The van der Waals surface area contributed by atoms with Crippen LogP contribution in [0.5, 0.6) is 0 Å². The van der Waals surface area contributed by atoms with Crippen LogP contribution in [0.3, 0.4) is 0 Å². The van der Waals surface area contributed by atoms with Crippen LogP contribution in [0.15, 0.2) is 29.6 Å². The molecule has 20 heavy (non-hydrogen) atoms. The number of hydrogen-bond acceptors (Lipinski definition) is 3. The molecule has 0 saturated carbocycles. The summed E-state index contributed by atoms with van der Waals surface area (Å²) < 4.78 is 13.6. The Morgan fingerprint density at radius 1 is 1.50 bits per heavy atom. The van der Waals surface area contributed by atoms with Gasteiger partial charge in [-0.25, -0.2) is 4.39 Å². The van der Waals surface area contributed by atoms with Gasteiger partial charge < -0.3 is 11.1 Å². The maximum atomic E-state index is 13.6. The first kappa shape index (κ1) is 14.5. The van der Waals surface area contributed by atoms with E-state index in [2.05, 4.69) is 5.32 Å². The van der Waals surface area contributed by atoms with Gasteiger partial charge in [0.25, 0.3) is 5.91 Å². The van der Waals surface area contributed by atoms with Crippen molar-refractivity contribution in [1.82, 2.24) is 5.32 Å². The SMILES string of the molecule is CCC(NC(=O)c1cc(N)c(C)c(F)c1)c1cccs1. The molecule has 0 spiro atoms. The van der Waals surface area contributed by atoms with Crippen molar-refractivity contribution in [2.45, 2.75) is 26.3 Å². The van der Waals surface area contributed by atoms with Gasteiger partial charge in [0.1, 0.15) is 5.82 Å². The Labute approximate surface area is 121 Å². The van der Waals surface area contributed by atoms with E-state index < -0.39 is 5.82 Å². The van der Waals surface area contributed by atoms with Crippen LogP contribution >= 0.6 is 11.3 Å². The molecule has 1 aromatic carbocycles. The maximum absolute atomic E-state index is 13.6. The highest BCUT2D eigenvalue weighted by Gasteiger charge is 2.16. The summed E-state index contributed by atoms with van der Waals surface area (Å²) in [6.07, 6.45) is 0.774. The zero-order chi connectivity index (χ0) is 14.7. The average Bonchev–Trinajstić information content (AvgIpc) is 2.95. The monoisotopic (exact) mass is 292 g/mol. The fourth-order valence-corrected chi connectivity index (χ4v) is 2.80. The quantitative estimate of drug-likeness (QED) is 0.845. The van der Waals surface area contributed by atoms with Crippen LogP contribution in [0.2, 0.25) is 0 Å². The zero-order valence-electron chi connectivity index (χ0n) is 11.4. The lowest BCUT2D eigenvalue weighted by Crippen LogP contribution is -2.27. The second-order valence-corrected chi connectivity index (χ2v) is 5.60. The van der Waals surface area contributed by atoms with Gasteiger partial charge in [0.15, 0.2) is 0 Å². The summed E-state index contributed by atoms with van der Waals surface area (Å²) in [5.74, 6) is -0.768. The summed E-state index contributed by atoms with van der Waals surface area (Å²) in [4.78, 5) is 13.3. The molecule has 0 fully saturated rings. The first-order chi connectivity index (χ1) is 9.52. The van der Waals surface area contributed by atoms with Gasteiger partial charge in [-0.3, -0.25) is 4.79 Å². The molecule has 2 aromatic rings. The van der Waals surface area contributed by atoms with E-state index in [1.165, 1.54) is 12.1 Å². The Kier molecular flexibility index (Phi) is 4.39. The van der Waals surface area contributed by atoms with E-state index >= 15 is 0 Å². The molecule has 0 aliphatic rings. The molecule has 1 atom stereocenters. The minimum Gasteiger partial charge on any atom is -0.398 e. The number of thiophene rings is 1. The Balaban J connectivity index is 2.19. The zero-order valence-corrected chi connectivity index (χ0v) is 12.3. The Bertz CT molecular complexity index is 587. The van der Waals surface area contributed by atoms with Gasteiger partial charge in [0, 0.05) is 21.7 Å². The predicted molar refractivity (Wildman–Crippen MR) is 80.4 cm³/mol. The molecule has 0 bridgehead atoms. The van der Waals surface area contributed by atoms with Crippen molar-refractivity contribution in [3.05, 3.63) is 51.5 Å². The lowest BCUT2D eigenvalue weighted by atomic mass is 10.1. The lowest BCUT2D eigenvalue weighted by Gasteiger charge is -2.16. The molecule has 1 heterocycles. The normalized spacial score (nSPS) is 12.2. The second kappa shape index (κ2) is 6.05. The van der Waals surface area contributed by atoms with Gasteiger partial charge >= 0.3 is 0 Å². The van der Waals surface area contributed by atoms with Gasteiger partial charge in [-0.15, -0.1) is 11.3 Å². The predicted octanol–water partition coefficient (Wildman–Crippen LogP) is 3.66. The van der Waals surface area contributed by atoms with Gasteiger partial charge in [-0.05, 0) is 36.9 Å². The van der Waals surface area contributed by atoms with Crippen molar-refractivity contribution >= 4 is 22.9 Å². The second-order valence-electron chi connectivity index (χ2n) is 4.62. The summed E-state index contributed by atoms with van der Waals surface area (Å²) in [6.45, 7) is 3.58. The highest BCUT2D eigenvalue weighted by Crippen LogP contribution is 2.23. The number of nitrogen functional groups attached to an aromatic ring is 1. The molecule has 106 valence electrons. The number of rotatable bonds is 4. The summed E-state index contributed by atoms with van der Waals surface area (Å²) in [6, 6.07) is 6.59. The van der Waals surface area contributed by atoms with Crippen LogP contribution in [0.25, 0.3) is 0 Å². The van der Waals surface area contributed by atoms with E-state index in [1.807, 2.05) is 24.4 Å². The topological polar surface area (TPSA) is 55.1 Å². The first-order valence-electron chi connectivity index (χ1n) is 6.42. The number of amides is 1. The van der Waals surface area contributed by atoms with E-state index in [0.29, 0.717) is 11.3 Å². The highest BCUT2D eigenvalue weighted by atomic mass is 32.1. The van der Waals surface area contributed by atoms with Crippen LogP contribution in [0.1, 0.15) is 40.2 Å². The van der Waals surface area contributed by atoms with Gasteiger partial charge in [-0.2, -0.15) is 0 Å². The standard InChI is InChI=1S/C15H17FN2OS/c1-3-13(14-5-4-6-20-14)18-15(19)10-7-11(16)9(2)12(17)8-10/h4-8,13H,3,17H2,1-2H3,(H,18,19). The van der Waals surface area contributed by atoms with Gasteiger partial charge in [-0.1, -0.05) is 13.0 Å². The van der Waals surface area contributed by atoms with Crippen molar-refractivity contribution in [3.8, 4) is 0 Å². The summed E-state index contributed by atoms with van der Waals surface area (Å²) in [7, 11) is 0. The number of anilines is 1. The van der Waals surface area contributed by atoms with Crippen LogP contribution in [-0.4, -0.2) is 5.91 Å². The summed E-state index contributed by atoms with van der Waals surface area (Å²) in [5, 5.41) is 4.87. The van der Waals surface area contributed by atoms with Crippen molar-refractivity contribution in [2.24, 2.45) is 0 Å². The van der Waals surface area contributed by atoms with E-state index in [-0.39, 0.29) is 17.5 Å². The molecule has 1 unspecified atom stereocenters. The van der Waals surface area contributed by atoms with Crippen molar-refractivity contribution in [3.63, 3.8) is 0 Å². The highest BCUT2D eigenvalue weighted by molar-refractivity contribution is 7.10. The molecule has 0 aliphatic carbocycles. The molecule has 2 rings (SSSR count). The Hall–Kier alpha value is -1.88. The number of carbonyl (C=O) groups excluding carboxylic acids is 1. The first-order valence-corrected chi connectivity index (χ1v) is 7.30. The minimum atomic E-state index is -0.459. The fourth-order valence-electron chi connectivity index (χ4n) is 1.94. The molecule has 3 nitrogen and oxygen atoms in total. The van der Waals surface area contributed by atoms with Crippen molar-refractivity contribution < 1.29 is 9.18 Å². The number of halogens is 1. The fraction of sp³-hybridized carbons (Fsp3) is 0.267. The number of nitrogens with one attached hydrogen (secondary N) is 1. The largest absolute Gasteiger partial charge is 0.398 e. The molecule has 5 heteroatoms. The third-order valence-electron chi connectivity index (χ3n) is 3.25. The number of hydrogen-bond donors (Lipinski definition) is 2. The van der Waals surface area contributed by atoms with E-state index in [9.17, 15) is 9.18 Å². The summed E-state index contributed by atoms with van der Waals surface area (Å²) >= 11 is 1.59. The van der Waals surface area contributed by atoms with Crippen molar-refractivity contribution in [1.29, 1.82) is 0 Å². The smallest absolute Gasteiger partial charge is 0.251 e. The van der Waals surface area contributed by atoms with Gasteiger partial charge in [0.2, 0.25) is 0 Å². The molecule has 3 N–H and O–H groups in total. The van der Waals surface area contributed by atoms with Crippen molar-refractivity contribution in [2.75, 3.05) is 5.73 Å². The average molecular weight is 292 g/mol. The van der Waals surface area contributed by atoms with Crippen LogP contribution in [0, 0.1) is 12.7 Å². The number of nitrogens with two attached hydrogens (primary N) is 1. The maximum Gasteiger partial charge on any atom is 0.251 e. The van der Waals surface area contributed by atoms with E-state index in [0.717, 1.165) is 11.3 Å². The van der Waals surface area contributed by atoms with Crippen LogP contribution in [-0.2, 0) is 0 Å². The Morgan fingerprint density at radius 2 is 2.25 bits per heavy atom. The van der Waals surface area contributed by atoms with E-state index in [4.69, 9.17) is 5.73 Å². The molecular formula is C15H17FN2OS. The van der Waals surface area contributed by atoms with E-state index in [1.54, 1.807) is 18.3 Å². The van der Waals surface area contributed by atoms with Crippen LogP contribution in [0.4, 0.5) is 10.1 Å². The number of carbonyl (C=O) groups is 1. The third-order valence-corrected chi connectivity index (χ3v) is 4.23.